The third kappa shape index (κ3) is 5.07. The van der Waals surface area contributed by atoms with Crippen molar-refractivity contribution in [3.8, 4) is 0 Å². The fourth-order valence-corrected chi connectivity index (χ4v) is 5.26. The number of amides is 1. The lowest BCUT2D eigenvalue weighted by Crippen LogP contribution is -2.52. The van der Waals surface area contributed by atoms with Crippen molar-refractivity contribution >= 4 is 15.9 Å². The zero-order valence-corrected chi connectivity index (χ0v) is 18.3. The summed E-state index contributed by atoms with van der Waals surface area (Å²) < 4.78 is 33.1. The average molecular weight is 420 g/mol. The molecule has 8 heteroatoms. The molecule has 1 aliphatic rings. The van der Waals surface area contributed by atoms with Gasteiger partial charge in [-0.2, -0.15) is 4.31 Å². The van der Waals surface area contributed by atoms with Crippen LogP contribution in [0.5, 0.6) is 0 Å². The van der Waals surface area contributed by atoms with Gasteiger partial charge in [0.25, 0.3) is 0 Å². The monoisotopic (exact) mass is 419 g/mol. The molecule has 0 atom stereocenters. The Hall–Kier alpha value is -2.16. The molecule has 0 unspecified atom stereocenters. The molecule has 29 heavy (non-hydrogen) atoms. The molecular weight excluding hydrogens is 390 g/mol. The largest absolute Gasteiger partial charge is 0.465 e. The molecule has 0 spiro atoms. The van der Waals surface area contributed by atoms with Gasteiger partial charge in [-0.05, 0) is 57.1 Å². The fraction of sp³-hybridized carbons (Fsp3) is 0.476. The molecule has 1 saturated heterocycles. The second-order valence-electron chi connectivity index (χ2n) is 7.74. The Morgan fingerprint density at radius 1 is 1.07 bits per heavy atom. The van der Waals surface area contributed by atoms with E-state index in [1.165, 1.54) is 4.31 Å². The lowest BCUT2D eigenvalue weighted by molar-refractivity contribution is -0.133. The number of carbonyl (C=O) groups is 1. The van der Waals surface area contributed by atoms with E-state index in [2.05, 4.69) is 0 Å². The standard InChI is InChI=1S/C21H29N3O4S/c1-16-5-6-17(2)20(13-16)29(26,27)24-11-9-23(10-12-24)21(25)15-22(4)14-19-8-7-18(3)28-19/h5-8,13H,9-12,14-15H2,1-4H3. The minimum absolute atomic E-state index is 0.000405. The quantitative estimate of drug-likeness (QED) is 0.717. The summed E-state index contributed by atoms with van der Waals surface area (Å²) >= 11 is 0. The molecular formula is C21H29N3O4S. The van der Waals surface area contributed by atoms with E-state index in [9.17, 15) is 13.2 Å². The minimum Gasteiger partial charge on any atom is -0.465 e. The lowest BCUT2D eigenvalue weighted by atomic mass is 10.2. The Morgan fingerprint density at radius 3 is 2.38 bits per heavy atom. The SMILES string of the molecule is Cc1ccc(C)c(S(=O)(=O)N2CCN(C(=O)CN(C)Cc3ccc(C)o3)CC2)c1. The van der Waals surface area contributed by atoms with Crippen LogP contribution >= 0.6 is 0 Å². The van der Waals surface area contributed by atoms with Gasteiger partial charge >= 0.3 is 0 Å². The van der Waals surface area contributed by atoms with Gasteiger partial charge in [-0.25, -0.2) is 8.42 Å². The fourth-order valence-electron chi connectivity index (χ4n) is 3.53. The van der Waals surface area contributed by atoms with Gasteiger partial charge in [0.15, 0.2) is 0 Å². The normalized spacial score (nSPS) is 15.8. The van der Waals surface area contributed by atoms with E-state index in [0.29, 0.717) is 37.6 Å². The smallest absolute Gasteiger partial charge is 0.243 e. The highest BCUT2D eigenvalue weighted by Crippen LogP contribution is 2.22. The average Bonchev–Trinajstić information content (AvgIpc) is 3.08. The van der Waals surface area contributed by atoms with Crippen molar-refractivity contribution in [1.82, 2.24) is 14.1 Å². The van der Waals surface area contributed by atoms with Crippen LogP contribution in [0.4, 0.5) is 0 Å². The number of hydrogen-bond donors (Lipinski definition) is 0. The van der Waals surface area contributed by atoms with Crippen LogP contribution in [0, 0.1) is 20.8 Å². The summed E-state index contributed by atoms with van der Waals surface area (Å²) in [6.07, 6.45) is 0. The van der Waals surface area contributed by atoms with Crippen LogP contribution in [0.2, 0.25) is 0 Å². The number of benzene rings is 1. The van der Waals surface area contributed by atoms with Gasteiger partial charge in [-0.3, -0.25) is 9.69 Å². The first kappa shape index (κ1) is 21.5. The third-order valence-electron chi connectivity index (χ3n) is 5.18. The maximum Gasteiger partial charge on any atom is 0.243 e. The van der Waals surface area contributed by atoms with Crippen molar-refractivity contribution in [3.63, 3.8) is 0 Å². The number of likely N-dealkylation sites (N-methyl/N-ethyl adjacent to an activating group) is 1. The molecule has 0 bridgehead atoms. The molecule has 1 aliphatic heterocycles. The molecule has 0 aliphatic carbocycles. The lowest BCUT2D eigenvalue weighted by Gasteiger charge is -2.35. The maximum absolute atomic E-state index is 13.0. The van der Waals surface area contributed by atoms with Crippen LogP contribution in [0.25, 0.3) is 0 Å². The van der Waals surface area contributed by atoms with Crippen molar-refractivity contribution in [3.05, 3.63) is 53.0 Å². The Labute approximate surface area is 172 Å². The molecule has 158 valence electrons. The van der Waals surface area contributed by atoms with Crippen LogP contribution in [0.3, 0.4) is 0 Å². The molecule has 1 aromatic heterocycles. The molecule has 2 aromatic rings. The molecule has 1 aromatic carbocycles. The van der Waals surface area contributed by atoms with Crippen molar-refractivity contribution in [2.45, 2.75) is 32.2 Å². The first-order valence-electron chi connectivity index (χ1n) is 9.76. The number of carbonyl (C=O) groups excluding carboxylic acids is 1. The predicted molar refractivity (Wildman–Crippen MR) is 111 cm³/mol. The van der Waals surface area contributed by atoms with E-state index < -0.39 is 10.0 Å². The van der Waals surface area contributed by atoms with Gasteiger partial charge in [0, 0.05) is 26.2 Å². The molecule has 3 rings (SSSR count). The van der Waals surface area contributed by atoms with Crippen molar-refractivity contribution < 1.29 is 17.6 Å². The number of rotatable bonds is 6. The van der Waals surface area contributed by atoms with Gasteiger partial charge in [0.2, 0.25) is 15.9 Å². The van der Waals surface area contributed by atoms with E-state index >= 15 is 0 Å². The van der Waals surface area contributed by atoms with Crippen LogP contribution in [0.1, 0.15) is 22.6 Å². The number of furan rings is 1. The second kappa shape index (κ2) is 8.69. The predicted octanol–water partition coefficient (Wildman–Crippen LogP) is 2.17. The zero-order chi connectivity index (χ0) is 21.2. The summed E-state index contributed by atoms with van der Waals surface area (Å²) in [6.45, 7) is 7.82. The number of sulfonamides is 1. The van der Waals surface area contributed by atoms with Gasteiger partial charge in [-0.15, -0.1) is 0 Å². The van der Waals surface area contributed by atoms with Gasteiger partial charge in [-0.1, -0.05) is 12.1 Å². The van der Waals surface area contributed by atoms with Crippen molar-refractivity contribution in [2.75, 3.05) is 39.8 Å². The molecule has 2 heterocycles. The zero-order valence-electron chi connectivity index (χ0n) is 17.5. The summed E-state index contributed by atoms with van der Waals surface area (Å²) in [5.41, 5.74) is 1.65. The van der Waals surface area contributed by atoms with E-state index in [1.807, 2.05) is 57.0 Å². The highest BCUT2D eigenvalue weighted by Gasteiger charge is 2.31. The topological polar surface area (TPSA) is 74.1 Å². The van der Waals surface area contributed by atoms with Gasteiger partial charge in [0.1, 0.15) is 11.5 Å². The maximum atomic E-state index is 13.0. The Bertz CT molecular complexity index is 976. The van der Waals surface area contributed by atoms with Crippen LogP contribution < -0.4 is 0 Å². The Kier molecular flexibility index (Phi) is 6.45. The first-order valence-corrected chi connectivity index (χ1v) is 11.2. The summed E-state index contributed by atoms with van der Waals surface area (Å²) in [4.78, 5) is 16.6. The van der Waals surface area contributed by atoms with Crippen LogP contribution in [-0.2, 0) is 21.4 Å². The Morgan fingerprint density at radius 2 is 1.76 bits per heavy atom. The number of aryl methyl sites for hydroxylation is 3. The number of hydrogen-bond acceptors (Lipinski definition) is 5. The molecule has 1 fully saturated rings. The second-order valence-corrected chi connectivity index (χ2v) is 9.64. The highest BCUT2D eigenvalue weighted by atomic mass is 32.2. The van der Waals surface area contributed by atoms with Crippen LogP contribution in [0.15, 0.2) is 39.6 Å². The molecule has 0 saturated carbocycles. The van der Waals surface area contributed by atoms with E-state index in [1.54, 1.807) is 11.0 Å². The summed E-state index contributed by atoms with van der Waals surface area (Å²) in [5, 5.41) is 0. The molecule has 7 nitrogen and oxygen atoms in total. The number of piperazine rings is 1. The molecule has 0 N–H and O–H groups in total. The van der Waals surface area contributed by atoms with Crippen molar-refractivity contribution in [1.29, 1.82) is 0 Å². The molecule has 1 amide bonds. The molecule has 0 radical (unpaired) electrons. The summed E-state index contributed by atoms with van der Waals surface area (Å²) in [7, 11) is -1.68. The van der Waals surface area contributed by atoms with Gasteiger partial charge in [0.05, 0.1) is 18.0 Å². The summed E-state index contributed by atoms with van der Waals surface area (Å²) in [6, 6.07) is 9.27. The highest BCUT2D eigenvalue weighted by molar-refractivity contribution is 7.89. The first-order chi connectivity index (χ1) is 13.7. The Balaban J connectivity index is 1.56. The van der Waals surface area contributed by atoms with Gasteiger partial charge < -0.3 is 9.32 Å². The third-order valence-corrected chi connectivity index (χ3v) is 7.22. The van der Waals surface area contributed by atoms with E-state index in [-0.39, 0.29) is 12.5 Å². The van der Waals surface area contributed by atoms with E-state index in [4.69, 9.17) is 4.42 Å². The van der Waals surface area contributed by atoms with Crippen molar-refractivity contribution in [2.24, 2.45) is 0 Å². The summed E-state index contributed by atoms with van der Waals surface area (Å²) in [5.74, 6) is 1.67. The van der Waals surface area contributed by atoms with E-state index in [0.717, 1.165) is 22.6 Å². The number of nitrogens with zero attached hydrogens (tertiary/aromatic N) is 3. The van der Waals surface area contributed by atoms with Crippen LogP contribution in [-0.4, -0.2) is 68.2 Å². The minimum atomic E-state index is -3.55.